The van der Waals surface area contributed by atoms with Gasteiger partial charge in [0.2, 0.25) is 0 Å². The number of benzene rings is 1. The van der Waals surface area contributed by atoms with Crippen molar-refractivity contribution >= 4 is 12.0 Å². The molecule has 5 heteroatoms. The summed E-state index contributed by atoms with van der Waals surface area (Å²) in [6.07, 6.45) is -4.55. The van der Waals surface area contributed by atoms with Crippen LogP contribution in [-0.4, -0.2) is 19.3 Å². The number of alkyl halides is 3. The second-order valence-electron chi connectivity index (χ2n) is 3.36. The van der Waals surface area contributed by atoms with E-state index in [2.05, 4.69) is 4.74 Å². The number of hydrogen-bond acceptors (Lipinski definition) is 2. The molecule has 0 bridgehead atoms. The van der Waals surface area contributed by atoms with Crippen molar-refractivity contribution in [2.75, 3.05) is 7.11 Å². The van der Waals surface area contributed by atoms with Gasteiger partial charge in [0.1, 0.15) is 0 Å². The first kappa shape index (κ1) is 13.3. The first-order valence-electron chi connectivity index (χ1n) is 4.83. The van der Waals surface area contributed by atoms with Gasteiger partial charge in [0.05, 0.1) is 13.5 Å². The van der Waals surface area contributed by atoms with E-state index in [4.69, 9.17) is 0 Å². The predicted octanol–water partition coefficient (Wildman–Crippen LogP) is 3.20. The SMILES string of the molecule is COC(=O)C(=Cc1ccccc1)CC(F)(F)F. The average Bonchev–Trinajstić information content (AvgIpc) is 2.27. The highest BCUT2D eigenvalue weighted by Crippen LogP contribution is 2.26. The fourth-order valence-corrected chi connectivity index (χ4v) is 1.28. The number of methoxy groups -OCH3 is 1. The Labute approximate surface area is 96.7 Å². The molecule has 0 unspecified atom stereocenters. The van der Waals surface area contributed by atoms with E-state index < -0.39 is 24.1 Å². The molecule has 0 aliphatic rings. The Morgan fingerprint density at radius 3 is 2.35 bits per heavy atom. The number of rotatable bonds is 3. The lowest BCUT2D eigenvalue weighted by molar-refractivity contribution is -0.145. The van der Waals surface area contributed by atoms with Crippen molar-refractivity contribution in [1.29, 1.82) is 0 Å². The van der Waals surface area contributed by atoms with Gasteiger partial charge in [-0.3, -0.25) is 0 Å². The van der Waals surface area contributed by atoms with Gasteiger partial charge in [0, 0.05) is 5.57 Å². The van der Waals surface area contributed by atoms with Gasteiger partial charge in [-0.05, 0) is 11.6 Å². The van der Waals surface area contributed by atoms with Crippen LogP contribution in [0.5, 0.6) is 0 Å². The molecular weight excluding hydrogens is 233 g/mol. The van der Waals surface area contributed by atoms with Crippen molar-refractivity contribution in [2.24, 2.45) is 0 Å². The maximum absolute atomic E-state index is 12.3. The third kappa shape index (κ3) is 4.72. The van der Waals surface area contributed by atoms with Gasteiger partial charge in [0.15, 0.2) is 0 Å². The first-order valence-corrected chi connectivity index (χ1v) is 4.83. The quantitative estimate of drug-likeness (QED) is 0.603. The van der Waals surface area contributed by atoms with Crippen molar-refractivity contribution in [3.8, 4) is 0 Å². The normalized spacial score (nSPS) is 12.4. The Kier molecular flexibility index (Phi) is 4.31. The fraction of sp³-hybridized carbons (Fsp3) is 0.250. The number of carbonyl (C=O) groups excluding carboxylic acids is 1. The number of esters is 1. The monoisotopic (exact) mass is 244 g/mol. The van der Waals surface area contributed by atoms with Crippen LogP contribution in [0.1, 0.15) is 12.0 Å². The molecule has 92 valence electrons. The highest BCUT2D eigenvalue weighted by molar-refractivity contribution is 5.93. The second kappa shape index (κ2) is 5.52. The maximum Gasteiger partial charge on any atom is 0.393 e. The molecule has 0 aromatic heterocycles. The van der Waals surface area contributed by atoms with Gasteiger partial charge >= 0.3 is 12.1 Å². The molecule has 0 aliphatic carbocycles. The third-order valence-electron chi connectivity index (χ3n) is 1.98. The van der Waals surface area contributed by atoms with E-state index in [0.29, 0.717) is 5.56 Å². The summed E-state index contributed by atoms with van der Waals surface area (Å²) in [6, 6.07) is 8.31. The van der Waals surface area contributed by atoms with Gasteiger partial charge < -0.3 is 4.74 Å². The Bertz CT molecular complexity index is 408. The van der Waals surface area contributed by atoms with E-state index in [0.717, 1.165) is 7.11 Å². The average molecular weight is 244 g/mol. The minimum atomic E-state index is -4.44. The molecule has 0 aliphatic heterocycles. The molecule has 0 heterocycles. The van der Waals surface area contributed by atoms with Crippen LogP contribution in [0.15, 0.2) is 35.9 Å². The molecule has 0 N–H and O–H groups in total. The standard InChI is InChI=1S/C12H11F3O2/c1-17-11(16)10(8-12(13,14)15)7-9-5-3-2-4-6-9/h2-7H,8H2,1H3. The zero-order valence-electron chi connectivity index (χ0n) is 9.12. The zero-order chi connectivity index (χ0) is 12.9. The van der Waals surface area contributed by atoms with E-state index in [1.807, 2.05) is 0 Å². The fourth-order valence-electron chi connectivity index (χ4n) is 1.28. The minimum absolute atomic E-state index is 0.411. The van der Waals surface area contributed by atoms with E-state index in [-0.39, 0.29) is 0 Å². The van der Waals surface area contributed by atoms with Gasteiger partial charge in [-0.2, -0.15) is 13.2 Å². The Morgan fingerprint density at radius 2 is 1.88 bits per heavy atom. The lowest BCUT2D eigenvalue weighted by Gasteiger charge is -2.08. The lowest BCUT2D eigenvalue weighted by atomic mass is 10.1. The summed E-state index contributed by atoms with van der Waals surface area (Å²) < 4.78 is 41.1. The van der Waals surface area contributed by atoms with Crippen LogP contribution in [0.25, 0.3) is 6.08 Å². The van der Waals surface area contributed by atoms with E-state index in [9.17, 15) is 18.0 Å². The molecular formula is C12H11F3O2. The van der Waals surface area contributed by atoms with Gasteiger partial charge in [-0.25, -0.2) is 4.79 Å². The molecule has 1 rings (SSSR count). The summed E-state index contributed by atoms with van der Waals surface area (Å²) >= 11 is 0. The number of ether oxygens (including phenoxy) is 1. The Morgan fingerprint density at radius 1 is 1.29 bits per heavy atom. The third-order valence-corrected chi connectivity index (χ3v) is 1.98. The molecule has 0 atom stereocenters. The van der Waals surface area contributed by atoms with Crippen LogP contribution < -0.4 is 0 Å². The largest absolute Gasteiger partial charge is 0.466 e. The molecule has 0 spiro atoms. The van der Waals surface area contributed by atoms with Crippen LogP contribution in [-0.2, 0) is 9.53 Å². The van der Waals surface area contributed by atoms with Crippen molar-refractivity contribution in [1.82, 2.24) is 0 Å². The summed E-state index contributed by atoms with van der Waals surface area (Å²) in [7, 11) is 1.05. The smallest absolute Gasteiger partial charge is 0.393 e. The highest BCUT2D eigenvalue weighted by Gasteiger charge is 2.31. The molecule has 2 nitrogen and oxygen atoms in total. The summed E-state index contributed by atoms with van der Waals surface area (Å²) in [6.45, 7) is 0. The van der Waals surface area contributed by atoms with E-state index in [1.54, 1.807) is 30.3 Å². The maximum atomic E-state index is 12.3. The Hall–Kier alpha value is -1.78. The minimum Gasteiger partial charge on any atom is -0.466 e. The van der Waals surface area contributed by atoms with Crippen molar-refractivity contribution in [2.45, 2.75) is 12.6 Å². The molecule has 0 radical (unpaired) electrons. The van der Waals surface area contributed by atoms with Crippen molar-refractivity contribution < 1.29 is 22.7 Å². The highest BCUT2D eigenvalue weighted by atomic mass is 19.4. The lowest BCUT2D eigenvalue weighted by Crippen LogP contribution is -2.15. The summed E-state index contributed by atoms with van der Waals surface area (Å²) in [5, 5.41) is 0. The van der Waals surface area contributed by atoms with Gasteiger partial charge in [-0.15, -0.1) is 0 Å². The van der Waals surface area contributed by atoms with Crippen LogP contribution in [0, 0.1) is 0 Å². The number of carbonyl (C=O) groups is 1. The van der Waals surface area contributed by atoms with Gasteiger partial charge in [0.25, 0.3) is 0 Å². The van der Waals surface area contributed by atoms with Crippen LogP contribution >= 0.6 is 0 Å². The number of halogens is 3. The molecule has 1 aromatic rings. The zero-order valence-corrected chi connectivity index (χ0v) is 9.12. The molecule has 0 fully saturated rings. The first-order chi connectivity index (χ1) is 7.92. The molecule has 0 saturated carbocycles. The number of hydrogen-bond donors (Lipinski definition) is 0. The van der Waals surface area contributed by atoms with Crippen molar-refractivity contribution in [3.63, 3.8) is 0 Å². The summed E-state index contributed by atoms with van der Waals surface area (Å²) in [5.74, 6) is -0.967. The molecule has 0 amide bonds. The Balaban J connectivity index is 2.99. The van der Waals surface area contributed by atoms with E-state index >= 15 is 0 Å². The topological polar surface area (TPSA) is 26.3 Å². The van der Waals surface area contributed by atoms with Crippen molar-refractivity contribution in [3.05, 3.63) is 41.5 Å². The molecule has 17 heavy (non-hydrogen) atoms. The summed E-state index contributed by atoms with van der Waals surface area (Å²) in [5.41, 5.74) is 0.114. The van der Waals surface area contributed by atoms with Crippen LogP contribution in [0.2, 0.25) is 0 Å². The second-order valence-corrected chi connectivity index (χ2v) is 3.36. The molecule has 1 aromatic carbocycles. The van der Waals surface area contributed by atoms with E-state index in [1.165, 1.54) is 6.08 Å². The van der Waals surface area contributed by atoms with Crippen LogP contribution in [0.3, 0.4) is 0 Å². The van der Waals surface area contributed by atoms with Gasteiger partial charge in [-0.1, -0.05) is 30.3 Å². The predicted molar refractivity (Wildman–Crippen MR) is 57.1 cm³/mol. The van der Waals surface area contributed by atoms with Crippen LogP contribution in [0.4, 0.5) is 13.2 Å². The summed E-state index contributed by atoms with van der Waals surface area (Å²) in [4.78, 5) is 11.2. The molecule has 0 saturated heterocycles.